The van der Waals surface area contributed by atoms with Crippen molar-refractivity contribution in [3.05, 3.63) is 76.7 Å². The van der Waals surface area contributed by atoms with Crippen molar-refractivity contribution in [2.24, 2.45) is 0 Å². The molecule has 0 spiro atoms. The Balaban J connectivity index is 1.45. The van der Waals surface area contributed by atoms with Gasteiger partial charge in [0, 0.05) is 12.7 Å². The number of aromatic nitrogens is 3. The van der Waals surface area contributed by atoms with Crippen LogP contribution in [0.2, 0.25) is 0 Å². The van der Waals surface area contributed by atoms with E-state index in [1.807, 2.05) is 36.4 Å². The Morgan fingerprint density at radius 2 is 1.90 bits per heavy atom. The van der Waals surface area contributed by atoms with E-state index in [4.69, 9.17) is 9.47 Å². The highest BCUT2D eigenvalue weighted by Gasteiger charge is 2.17. The van der Waals surface area contributed by atoms with E-state index in [1.54, 1.807) is 12.3 Å². The van der Waals surface area contributed by atoms with Crippen molar-refractivity contribution in [1.82, 2.24) is 15.0 Å². The minimum atomic E-state index is -0.238. The molecule has 0 saturated heterocycles. The summed E-state index contributed by atoms with van der Waals surface area (Å²) in [5.74, 6) is 1.77. The molecule has 7 nitrogen and oxygen atoms in total. The lowest BCUT2D eigenvalue weighted by Crippen LogP contribution is -2.16. The molecule has 2 aromatic heterocycles. The summed E-state index contributed by atoms with van der Waals surface area (Å²) in [4.78, 5) is 24.4. The van der Waals surface area contributed by atoms with Crippen molar-refractivity contribution in [1.29, 1.82) is 0 Å². The molecular weight excluding hydrogens is 368 g/mol. The zero-order chi connectivity index (χ0) is 19.6. The van der Waals surface area contributed by atoms with Crippen LogP contribution in [0.15, 0.2) is 65.6 Å². The highest BCUT2D eigenvalue weighted by atomic mass is 16.7. The number of ether oxygens (including phenoxy) is 2. The van der Waals surface area contributed by atoms with Crippen LogP contribution in [0.5, 0.6) is 11.5 Å². The van der Waals surface area contributed by atoms with Gasteiger partial charge in [0.15, 0.2) is 17.1 Å². The van der Waals surface area contributed by atoms with Gasteiger partial charge in [0.05, 0.1) is 5.39 Å². The molecule has 0 atom stereocenters. The fraction of sp³-hybridized carbons (Fsp3) is 0.136. The van der Waals surface area contributed by atoms with E-state index in [2.05, 4.69) is 32.4 Å². The summed E-state index contributed by atoms with van der Waals surface area (Å²) in [5, 5.41) is 3.62. The summed E-state index contributed by atoms with van der Waals surface area (Å²) < 4.78 is 10.8. The molecule has 0 amide bonds. The quantitative estimate of drug-likeness (QED) is 0.547. The Morgan fingerprint density at radius 3 is 2.79 bits per heavy atom. The van der Waals surface area contributed by atoms with E-state index >= 15 is 0 Å². The van der Waals surface area contributed by atoms with Gasteiger partial charge in [-0.05, 0) is 41.3 Å². The standard InChI is InChI=1S/C22H18N4O3/c27-21-19-16(15-6-7-17-18(12-15)29-13-28-17)9-11-23-20(19)25-22(26-21)24-10-8-14-4-2-1-3-5-14/h1-7,9,11-12H,8,10,13H2,(H2,23,24,25,26,27). The highest BCUT2D eigenvalue weighted by molar-refractivity contribution is 5.92. The second-order valence-electron chi connectivity index (χ2n) is 6.70. The van der Waals surface area contributed by atoms with Gasteiger partial charge in [-0.1, -0.05) is 36.4 Å². The van der Waals surface area contributed by atoms with Crippen LogP contribution >= 0.6 is 0 Å². The van der Waals surface area contributed by atoms with Crippen molar-refractivity contribution in [2.45, 2.75) is 6.42 Å². The van der Waals surface area contributed by atoms with Crippen molar-refractivity contribution >= 4 is 17.0 Å². The Hall–Kier alpha value is -3.87. The Kier molecular flexibility index (Phi) is 4.32. The smallest absolute Gasteiger partial charge is 0.262 e. The summed E-state index contributed by atoms with van der Waals surface area (Å²) in [6.07, 6.45) is 2.48. The van der Waals surface area contributed by atoms with Crippen LogP contribution in [0.4, 0.5) is 5.95 Å². The Labute approximate surface area is 166 Å². The first-order valence-corrected chi connectivity index (χ1v) is 9.35. The van der Waals surface area contributed by atoms with Crippen molar-refractivity contribution in [2.75, 3.05) is 18.7 Å². The monoisotopic (exact) mass is 386 g/mol. The summed E-state index contributed by atoms with van der Waals surface area (Å²) in [6.45, 7) is 0.857. The largest absolute Gasteiger partial charge is 0.454 e. The van der Waals surface area contributed by atoms with Gasteiger partial charge in [0.1, 0.15) is 0 Å². The second-order valence-corrected chi connectivity index (χ2v) is 6.70. The zero-order valence-corrected chi connectivity index (χ0v) is 15.5. The molecule has 2 aromatic carbocycles. The molecule has 1 aliphatic rings. The van der Waals surface area contributed by atoms with Gasteiger partial charge in [-0.2, -0.15) is 4.98 Å². The zero-order valence-electron chi connectivity index (χ0n) is 15.5. The molecule has 2 N–H and O–H groups in total. The lowest BCUT2D eigenvalue weighted by atomic mass is 10.0. The van der Waals surface area contributed by atoms with Crippen LogP contribution in [0.1, 0.15) is 5.56 Å². The average molecular weight is 386 g/mol. The number of H-pyrrole nitrogens is 1. The Morgan fingerprint density at radius 1 is 1.03 bits per heavy atom. The van der Waals surface area contributed by atoms with E-state index in [1.165, 1.54) is 5.56 Å². The number of hydrogen-bond acceptors (Lipinski definition) is 6. The molecule has 0 bridgehead atoms. The van der Waals surface area contributed by atoms with Crippen molar-refractivity contribution in [3.8, 4) is 22.6 Å². The number of anilines is 1. The number of pyridine rings is 1. The molecule has 29 heavy (non-hydrogen) atoms. The first-order valence-electron chi connectivity index (χ1n) is 9.35. The molecule has 144 valence electrons. The number of benzene rings is 2. The van der Waals surface area contributed by atoms with Crippen LogP contribution in [0, 0.1) is 0 Å². The predicted octanol–water partition coefficient (Wildman–Crippen LogP) is 3.37. The SMILES string of the molecule is O=c1[nH]c(NCCc2ccccc2)nc2nccc(-c3ccc4c(c3)OCO4)c12. The average Bonchev–Trinajstić information content (AvgIpc) is 3.22. The number of nitrogens with one attached hydrogen (secondary N) is 2. The molecule has 0 fully saturated rings. The molecule has 0 radical (unpaired) electrons. The van der Waals surface area contributed by atoms with E-state index in [9.17, 15) is 4.79 Å². The minimum Gasteiger partial charge on any atom is -0.454 e. The molecule has 7 heteroatoms. The third-order valence-corrected chi connectivity index (χ3v) is 4.84. The van der Waals surface area contributed by atoms with Crippen LogP contribution in [0.3, 0.4) is 0 Å². The van der Waals surface area contributed by atoms with E-state index in [0.29, 0.717) is 35.0 Å². The van der Waals surface area contributed by atoms with Crippen LogP contribution in [0.25, 0.3) is 22.2 Å². The first kappa shape index (κ1) is 17.2. The van der Waals surface area contributed by atoms with Gasteiger partial charge < -0.3 is 14.8 Å². The Bertz CT molecular complexity index is 1240. The topological polar surface area (TPSA) is 89.1 Å². The predicted molar refractivity (Wildman–Crippen MR) is 110 cm³/mol. The fourth-order valence-corrected chi connectivity index (χ4v) is 3.42. The number of nitrogens with zero attached hydrogens (tertiary/aromatic N) is 2. The fourth-order valence-electron chi connectivity index (χ4n) is 3.42. The molecule has 0 unspecified atom stereocenters. The highest BCUT2D eigenvalue weighted by Crippen LogP contribution is 2.36. The van der Waals surface area contributed by atoms with Crippen LogP contribution < -0.4 is 20.3 Å². The van der Waals surface area contributed by atoms with Gasteiger partial charge in [-0.15, -0.1) is 0 Å². The third-order valence-electron chi connectivity index (χ3n) is 4.84. The molecule has 3 heterocycles. The number of hydrogen-bond donors (Lipinski definition) is 2. The van der Waals surface area contributed by atoms with Gasteiger partial charge in [-0.25, -0.2) is 4.98 Å². The maximum Gasteiger partial charge on any atom is 0.262 e. The number of aromatic amines is 1. The minimum absolute atomic E-state index is 0.204. The lowest BCUT2D eigenvalue weighted by Gasteiger charge is -2.09. The molecule has 0 aliphatic carbocycles. The number of rotatable bonds is 5. The maximum atomic E-state index is 12.8. The molecule has 1 aliphatic heterocycles. The van der Waals surface area contributed by atoms with Crippen LogP contribution in [-0.4, -0.2) is 28.3 Å². The van der Waals surface area contributed by atoms with E-state index < -0.39 is 0 Å². The molecule has 4 aromatic rings. The van der Waals surface area contributed by atoms with Gasteiger partial charge >= 0.3 is 0 Å². The summed E-state index contributed by atoms with van der Waals surface area (Å²) in [5.41, 5.74) is 2.96. The van der Waals surface area contributed by atoms with E-state index in [-0.39, 0.29) is 12.4 Å². The maximum absolute atomic E-state index is 12.8. The first-order chi connectivity index (χ1) is 14.3. The van der Waals surface area contributed by atoms with E-state index in [0.717, 1.165) is 17.5 Å². The van der Waals surface area contributed by atoms with Gasteiger partial charge in [-0.3, -0.25) is 9.78 Å². The molecule has 5 rings (SSSR count). The van der Waals surface area contributed by atoms with Gasteiger partial charge in [0.2, 0.25) is 12.7 Å². The number of fused-ring (bicyclic) bond motifs is 2. The third kappa shape index (κ3) is 3.38. The van der Waals surface area contributed by atoms with Crippen molar-refractivity contribution < 1.29 is 9.47 Å². The normalized spacial score (nSPS) is 12.3. The summed E-state index contributed by atoms with van der Waals surface area (Å²) in [6, 6.07) is 17.5. The van der Waals surface area contributed by atoms with Crippen molar-refractivity contribution in [3.63, 3.8) is 0 Å². The molecular formula is C22H18N4O3. The second kappa shape index (κ2) is 7.27. The van der Waals surface area contributed by atoms with Crippen LogP contribution in [-0.2, 0) is 6.42 Å². The summed E-state index contributed by atoms with van der Waals surface area (Å²) >= 11 is 0. The lowest BCUT2D eigenvalue weighted by molar-refractivity contribution is 0.174. The summed E-state index contributed by atoms with van der Waals surface area (Å²) in [7, 11) is 0. The van der Waals surface area contributed by atoms with Gasteiger partial charge in [0.25, 0.3) is 5.56 Å². The molecule has 0 saturated carbocycles.